The fourth-order valence-corrected chi connectivity index (χ4v) is 4.27. The summed E-state index contributed by atoms with van der Waals surface area (Å²) >= 11 is 6.08. The number of anilines is 1. The number of amides is 1. The van der Waals surface area contributed by atoms with Crippen molar-refractivity contribution < 1.29 is 14.7 Å². The molecule has 6 heteroatoms. The molecule has 4 rings (SSSR count). The molecule has 0 aliphatic heterocycles. The van der Waals surface area contributed by atoms with Crippen LogP contribution in [0, 0.1) is 0 Å². The summed E-state index contributed by atoms with van der Waals surface area (Å²) in [6.07, 6.45) is -0.252. The first kappa shape index (κ1) is 22.6. The highest BCUT2D eigenvalue weighted by Gasteiger charge is 2.24. The number of aromatic nitrogens is 1. The van der Waals surface area contributed by atoms with Crippen LogP contribution in [-0.4, -0.2) is 21.6 Å². The van der Waals surface area contributed by atoms with E-state index >= 15 is 0 Å². The van der Waals surface area contributed by atoms with Crippen molar-refractivity contribution in [3.05, 3.63) is 100 Å². The summed E-state index contributed by atoms with van der Waals surface area (Å²) in [5.41, 5.74) is 4.47. The highest BCUT2D eigenvalue weighted by atomic mass is 35.5. The van der Waals surface area contributed by atoms with Crippen LogP contribution in [0.3, 0.4) is 0 Å². The first-order chi connectivity index (χ1) is 15.8. The molecule has 1 amide bonds. The number of nitrogens with zero attached hydrogens (tertiary/aromatic N) is 1. The summed E-state index contributed by atoms with van der Waals surface area (Å²) in [6, 6.07) is 22.7. The molecule has 1 heterocycles. The van der Waals surface area contributed by atoms with Crippen LogP contribution in [0.4, 0.5) is 5.69 Å². The maximum Gasteiger partial charge on any atom is 0.307 e. The van der Waals surface area contributed by atoms with Gasteiger partial charge in [-0.15, -0.1) is 0 Å². The molecule has 0 saturated carbocycles. The zero-order valence-corrected chi connectivity index (χ0v) is 19.3. The second-order valence-corrected chi connectivity index (χ2v) is 8.80. The zero-order valence-electron chi connectivity index (χ0n) is 18.5. The number of carboxylic acids is 1. The summed E-state index contributed by atoms with van der Waals surface area (Å²) in [6.45, 7) is 4.73. The number of fused-ring (bicyclic) bond motifs is 1. The van der Waals surface area contributed by atoms with Crippen LogP contribution in [0.25, 0.3) is 10.9 Å². The number of carboxylic acid groups (broad SMARTS) is 1. The third kappa shape index (κ3) is 4.94. The average molecular weight is 461 g/mol. The number of halogens is 1. The van der Waals surface area contributed by atoms with Gasteiger partial charge in [0.05, 0.1) is 6.42 Å². The SMILES string of the molecule is CC(C)c1ccc(Cn2c(C(=O)Nc3cccc(Cl)c3)c(CC(=O)O)c3ccccc32)cc1. The van der Waals surface area contributed by atoms with Gasteiger partial charge >= 0.3 is 5.97 Å². The smallest absolute Gasteiger partial charge is 0.307 e. The first-order valence-electron chi connectivity index (χ1n) is 10.8. The molecule has 0 spiro atoms. The molecule has 0 radical (unpaired) electrons. The summed E-state index contributed by atoms with van der Waals surface area (Å²) < 4.78 is 1.90. The van der Waals surface area contributed by atoms with Crippen molar-refractivity contribution in [3.8, 4) is 0 Å². The highest BCUT2D eigenvalue weighted by molar-refractivity contribution is 6.31. The lowest BCUT2D eigenvalue weighted by atomic mass is 10.0. The Hall–Kier alpha value is -3.57. The number of carbonyl (C=O) groups excluding carboxylic acids is 1. The number of hydrogen-bond donors (Lipinski definition) is 2. The van der Waals surface area contributed by atoms with Gasteiger partial charge in [-0.3, -0.25) is 9.59 Å². The van der Waals surface area contributed by atoms with Crippen LogP contribution < -0.4 is 5.32 Å². The molecule has 2 N–H and O–H groups in total. The molecular weight excluding hydrogens is 436 g/mol. The molecule has 0 aliphatic rings. The van der Waals surface area contributed by atoms with Crippen LogP contribution >= 0.6 is 11.6 Å². The number of nitrogens with one attached hydrogen (secondary N) is 1. The van der Waals surface area contributed by atoms with Crippen molar-refractivity contribution in [2.45, 2.75) is 32.7 Å². The topological polar surface area (TPSA) is 71.3 Å². The third-order valence-electron chi connectivity index (χ3n) is 5.69. The highest BCUT2D eigenvalue weighted by Crippen LogP contribution is 2.29. The molecule has 5 nitrogen and oxygen atoms in total. The number of benzene rings is 3. The molecule has 168 valence electrons. The minimum absolute atomic E-state index is 0.252. The average Bonchev–Trinajstić information content (AvgIpc) is 3.07. The predicted octanol–water partition coefficient (Wildman–Crippen LogP) is 6.35. The van der Waals surface area contributed by atoms with E-state index in [-0.39, 0.29) is 12.3 Å². The van der Waals surface area contributed by atoms with Gasteiger partial charge in [0.25, 0.3) is 5.91 Å². The van der Waals surface area contributed by atoms with E-state index < -0.39 is 5.97 Å². The molecule has 0 atom stereocenters. The lowest BCUT2D eigenvalue weighted by molar-refractivity contribution is -0.136. The van der Waals surface area contributed by atoms with Gasteiger partial charge in [0.15, 0.2) is 0 Å². The van der Waals surface area contributed by atoms with Crippen molar-refractivity contribution in [2.75, 3.05) is 5.32 Å². The van der Waals surface area contributed by atoms with Gasteiger partial charge in [-0.1, -0.05) is 74.0 Å². The van der Waals surface area contributed by atoms with E-state index in [0.717, 1.165) is 16.5 Å². The molecule has 4 aromatic rings. The minimum Gasteiger partial charge on any atom is -0.481 e. The van der Waals surface area contributed by atoms with E-state index in [1.54, 1.807) is 24.3 Å². The molecule has 1 aromatic heterocycles. The normalized spacial score (nSPS) is 11.2. The Bertz CT molecular complexity index is 1320. The molecule has 0 aliphatic carbocycles. The maximum absolute atomic E-state index is 13.5. The molecule has 0 fully saturated rings. The van der Waals surface area contributed by atoms with E-state index in [0.29, 0.717) is 34.4 Å². The number of hydrogen-bond acceptors (Lipinski definition) is 2. The van der Waals surface area contributed by atoms with Crippen LogP contribution in [0.15, 0.2) is 72.8 Å². The first-order valence-corrected chi connectivity index (χ1v) is 11.2. The van der Waals surface area contributed by atoms with E-state index in [1.165, 1.54) is 5.56 Å². The second-order valence-electron chi connectivity index (χ2n) is 8.36. The number of carbonyl (C=O) groups is 2. The number of rotatable bonds is 7. The summed E-state index contributed by atoms with van der Waals surface area (Å²) in [7, 11) is 0. The lowest BCUT2D eigenvalue weighted by Gasteiger charge is -2.14. The van der Waals surface area contributed by atoms with E-state index in [4.69, 9.17) is 11.6 Å². The Morgan fingerprint density at radius 2 is 1.73 bits per heavy atom. The van der Waals surface area contributed by atoms with Gasteiger partial charge in [-0.2, -0.15) is 0 Å². The van der Waals surface area contributed by atoms with Crippen LogP contribution in [-0.2, 0) is 17.8 Å². The van der Waals surface area contributed by atoms with Gasteiger partial charge in [0.1, 0.15) is 5.69 Å². The maximum atomic E-state index is 13.5. The summed E-state index contributed by atoms with van der Waals surface area (Å²) in [5, 5.41) is 13.7. The lowest BCUT2D eigenvalue weighted by Crippen LogP contribution is -2.20. The van der Waals surface area contributed by atoms with Crippen LogP contribution in [0.2, 0.25) is 5.02 Å². The van der Waals surface area contributed by atoms with Gasteiger partial charge in [0.2, 0.25) is 0 Å². The minimum atomic E-state index is -0.990. The molecule has 0 saturated heterocycles. The Morgan fingerprint density at radius 3 is 2.39 bits per heavy atom. The van der Waals surface area contributed by atoms with Crippen molar-refractivity contribution in [1.29, 1.82) is 0 Å². The third-order valence-corrected chi connectivity index (χ3v) is 5.92. The van der Waals surface area contributed by atoms with Crippen molar-refractivity contribution in [2.24, 2.45) is 0 Å². The Kier molecular flexibility index (Phi) is 6.52. The van der Waals surface area contributed by atoms with Crippen LogP contribution in [0.5, 0.6) is 0 Å². The Morgan fingerprint density at radius 1 is 1.00 bits per heavy atom. The van der Waals surface area contributed by atoms with Crippen molar-refractivity contribution in [3.63, 3.8) is 0 Å². The molecular formula is C27H25ClN2O3. The van der Waals surface area contributed by atoms with Gasteiger partial charge < -0.3 is 15.0 Å². The predicted molar refractivity (Wildman–Crippen MR) is 132 cm³/mol. The van der Waals surface area contributed by atoms with Crippen molar-refractivity contribution >= 4 is 40.1 Å². The number of aliphatic carboxylic acids is 1. The second kappa shape index (κ2) is 9.51. The molecule has 33 heavy (non-hydrogen) atoms. The fourth-order valence-electron chi connectivity index (χ4n) is 4.08. The van der Waals surface area contributed by atoms with E-state index in [2.05, 4.69) is 43.4 Å². The summed E-state index contributed by atoms with van der Waals surface area (Å²) in [5.74, 6) is -0.938. The zero-order chi connectivity index (χ0) is 23.5. The molecule has 0 bridgehead atoms. The van der Waals surface area contributed by atoms with E-state index in [9.17, 15) is 14.7 Å². The Balaban J connectivity index is 1.83. The van der Waals surface area contributed by atoms with Gasteiger partial charge in [-0.05, 0) is 41.3 Å². The monoisotopic (exact) mass is 460 g/mol. The van der Waals surface area contributed by atoms with Crippen molar-refractivity contribution in [1.82, 2.24) is 4.57 Å². The molecule has 0 unspecified atom stereocenters. The fraction of sp³-hybridized carbons (Fsp3) is 0.185. The standard InChI is InChI=1S/C27H25ClN2O3/c1-17(2)19-12-10-18(11-13-19)16-30-24-9-4-3-8-22(24)23(15-25(31)32)26(30)27(33)29-21-7-5-6-20(28)14-21/h3-14,17H,15-16H2,1-2H3,(H,29,33)(H,31,32). The largest absolute Gasteiger partial charge is 0.481 e. The Labute approximate surface area is 197 Å². The summed E-state index contributed by atoms with van der Waals surface area (Å²) in [4.78, 5) is 25.2. The van der Waals surface area contributed by atoms with Crippen LogP contribution in [0.1, 0.15) is 46.9 Å². The molecule has 3 aromatic carbocycles. The quantitative estimate of drug-likeness (QED) is 0.337. The van der Waals surface area contributed by atoms with Gasteiger partial charge in [-0.25, -0.2) is 0 Å². The van der Waals surface area contributed by atoms with Gasteiger partial charge in [0, 0.05) is 33.7 Å². The number of para-hydroxylation sites is 1. The van der Waals surface area contributed by atoms with E-state index in [1.807, 2.05) is 28.8 Å².